The molecule has 1 aliphatic rings. The van der Waals surface area contributed by atoms with Crippen LogP contribution in [0.2, 0.25) is 0 Å². The van der Waals surface area contributed by atoms with Crippen LogP contribution >= 0.6 is 0 Å². The Kier molecular flexibility index (Phi) is 7.30. The summed E-state index contributed by atoms with van der Waals surface area (Å²) in [5, 5.41) is 28.6. The highest BCUT2D eigenvalue weighted by atomic mass is 19.4. The number of aromatic amines is 1. The molecule has 0 aliphatic carbocycles. The van der Waals surface area contributed by atoms with Crippen molar-refractivity contribution in [2.24, 2.45) is 0 Å². The van der Waals surface area contributed by atoms with E-state index in [0.29, 0.717) is 10.8 Å². The smallest absolute Gasteiger partial charge is 0.394 e. The average molecular weight is 506 g/mol. The van der Waals surface area contributed by atoms with Crippen LogP contribution in [0.3, 0.4) is 0 Å². The Labute approximate surface area is 176 Å². The summed E-state index contributed by atoms with van der Waals surface area (Å²) in [5.74, 6) is -20.1. The summed E-state index contributed by atoms with van der Waals surface area (Å²) >= 11 is 0. The number of aromatic nitrogens is 2. The van der Waals surface area contributed by atoms with Crippen molar-refractivity contribution in [3.63, 3.8) is 0 Å². The van der Waals surface area contributed by atoms with Crippen LogP contribution in [-0.4, -0.2) is 80.3 Å². The topological polar surface area (TPSA) is 134 Å². The van der Waals surface area contributed by atoms with Gasteiger partial charge in [0.15, 0.2) is 6.23 Å². The van der Waals surface area contributed by atoms with Crippen molar-refractivity contribution < 1.29 is 64.3 Å². The van der Waals surface area contributed by atoms with Gasteiger partial charge in [-0.1, -0.05) is 0 Å². The van der Waals surface area contributed by atoms with E-state index in [0.717, 1.165) is 0 Å². The Balaban J connectivity index is 2.22. The number of H-pyrrole nitrogens is 1. The zero-order chi connectivity index (χ0) is 25.6. The first-order chi connectivity index (χ1) is 14.9. The van der Waals surface area contributed by atoms with E-state index in [1.165, 1.54) is 0 Å². The van der Waals surface area contributed by atoms with Crippen LogP contribution < -0.4 is 11.2 Å². The second-order valence-electron chi connectivity index (χ2n) is 6.89. The maximum Gasteiger partial charge on any atom is 0.460 e. The van der Waals surface area contributed by atoms with Crippen LogP contribution in [0.25, 0.3) is 0 Å². The van der Waals surface area contributed by atoms with E-state index in [2.05, 4.69) is 4.74 Å². The number of alkyl halides is 9. The van der Waals surface area contributed by atoms with E-state index in [4.69, 9.17) is 9.84 Å². The molecular weight excluding hydrogens is 491 g/mol. The molecule has 2 heterocycles. The summed E-state index contributed by atoms with van der Waals surface area (Å²) in [4.78, 5) is 25.3. The third-order valence-electron chi connectivity index (χ3n) is 4.58. The maximum absolute atomic E-state index is 13.5. The van der Waals surface area contributed by atoms with Gasteiger partial charge < -0.3 is 24.8 Å². The van der Waals surface area contributed by atoms with Crippen molar-refractivity contribution in [1.29, 1.82) is 0 Å². The van der Waals surface area contributed by atoms with Crippen LogP contribution in [0.4, 0.5) is 39.5 Å². The first-order valence-corrected chi connectivity index (χ1v) is 8.63. The predicted octanol–water partition coefficient (Wildman–Crippen LogP) is 0.133. The highest BCUT2D eigenvalue weighted by molar-refractivity contribution is 5.06. The molecule has 4 atom stereocenters. The van der Waals surface area contributed by atoms with Gasteiger partial charge in [-0.3, -0.25) is 14.3 Å². The van der Waals surface area contributed by atoms with Crippen LogP contribution in [0, 0.1) is 0 Å². The fourth-order valence-corrected chi connectivity index (χ4v) is 2.72. The normalized spacial score (nSPS) is 25.0. The van der Waals surface area contributed by atoms with E-state index >= 15 is 0 Å². The molecule has 0 unspecified atom stereocenters. The molecule has 0 amide bonds. The Morgan fingerprint density at radius 2 is 1.58 bits per heavy atom. The molecular formula is C15H15F9N2O7. The first kappa shape index (κ1) is 27.1. The summed E-state index contributed by atoms with van der Waals surface area (Å²) in [5.41, 5.74) is -3.42. The highest BCUT2D eigenvalue weighted by Crippen LogP contribution is 2.53. The fourth-order valence-electron chi connectivity index (χ4n) is 2.72. The SMILES string of the molecule is O=c1[nH]c(=O)n([C@@H]2O[C@H](CO)[C@H](O)[C@H]2O)cc1COCC(F)(F)C(F)(F)C(F)(F)C(F)(F)F. The first-order valence-electron chi connectivity index (χ1n) is 8.63. The summed E-state index contributed by atoms with van der Waals surface area (Å²) in [6.45, 7) is -4.87. The van der Waals surface area contributed by atoms with Crippen molar-refractivity contribution >= 4 is 0 Å². The number of nitrogens with one attached hydrogen (secondary N) is 1. The Morgan fingerprint density at radius 3 is 2.06 bits per heavy atom. The molecule has 1 aromatic rings. The maximum atomic E-state index is 13.5. The molecule has 0 spiro atoms. The molecule has 0 radical (unpaired) electrons. The van der Waals surface area contributed by atoms with E-state index in [-0.39, 0.29) is 0 Å². The number of rotatable bonds is 8. The molecule has 9 nitrogen and oxygen atoms in total. The van der Waals surface area contributed by atoms with Gasteiger partial charge in [-0.15, -0.1) is 0 Å². The lowest BCUT2D eigenvalue weighted by Crippen LogP contribution is -2.62. The number of hydrogen-bond acceptors (Lipinski definition) is 7. The molecule has 1 aliphatic heterocycles. The average Bonchev–Trinajstić information content (AvgIpc) is 2.96. The lowest BCUT2D eigenvalue weighted by molar-refractivity contribution is -0.400. The summed E-state index contributed by atoms with van der Waals surface area (Å²) in [6, 6.07) is 0. The molecule has 2 rings (SSSR count). The van der Waals surface area contributed by atoms with Crippen LogP contribution in [0.5, 0.6) is 0 Å². The van der Waals surface area contributed by atoms with Crippen LogP contribution in [0.1, 0.15) is 11.8 Å². The molecule has 4 N–H and O–H groups in total. The minimum Gasteiger partial charge on any atom is -0.394 e. The minimum absolute atomic E-state index is 0.411. The van der Waals surface area contributed by atoms with E-state index in [1.54, 1.807) is 4.98 Å². The van der Waals surface area contributed by atoms with Crippen LogP contribution in [-0.2, 0) is 16.1 Å². The number of halogens is 9. The lowest BCUT2D eigenvalue weighted by atomic mass is 10.0. The van der Waals surface area contributed by atoms with Gasteiger partial charge in [0.25, 0.3) is 5.56 Å². The molecule has 1 fully saturated rings. The molecule has 0 bridgehead atoms. The summed E-state index contributed by atoms with van der Waals surface area (Å²) in [7, 11) is 0. The number of aliphatic hydroxyl groups excluding tert-OH is 3. The van der Waals surface area contributed by atoms with Crippen molar-refractivity contribution in [2.75, 3.05) is 13.2 Å². The fraction of sp³-hybridized carbons (Fsp3) is 0.733. The van der Waals surface area contributed by atoms with Gasteiger partial charge in [0, 0.05) is 6.20 Å². The predicted molar refractivity (Wildman–Crippen MR) is 84.9 cm³/mol. The minimum atomic E-state index is -7.11. The van der Waals surface area contributed by atoms with Crippen molar-refractivity contribution in [3.05, 3.63) is 32.6 Å². The lowest BCUT2D eigenvalue weighted by Gasteiger charge is -2.33. The molecule has 0 aromatic carbocycles. The monoisotopic (exact) mass is 506 g/mol. The molecule has 33 heavy (non-hydrogen) atoms. The van der Waals surface area contributed by atoms with Crippen molar-refractivity contribution in [2.45, 2.75) is 55.1 Å². The number of ether oxygens (including phenoxy) is 2. The third-order valence-corrected chi connectivity index (χ3v) is 4.58. The second kappa shape index (κ2) is 8.90. The van der Waals surface area contributed by atoms with E-state index in [1.807, 2.05) is 0 Å². The van der Waals surface area contributed by atoms with E-state index in [9.17, 15) is 59.3 Å². The Hall–Kier alpha value is -2.15. The summed E-state index contributed by atoms with van der Waals surface area (Å²) < 4.78 is 125. The second-order valence-corrected chi connectivity index (χ2v) is 6.89. The highest BCUT2D eigenvalue weighted by Gasteiger charge is 2.81. The molecule has 1 aromatic heterocycles. The largest absolute Gasteiger partial charge is 0.460 e. The zero-order valence-electron chi connectivity index (χ0n) is 15.8. The Morgan fingerprint density at radius 1 is 1.00 bits per heavy atom. The quantitative estimate of drug-likeness (QED) is 0.369. The van der Waals surface area contributed by atoms with E-state index < -0.39 is 85.1 Å². The number of hydrogen-bond donors (Lipinski definition) is 4. The van der Waals surface area contributed by atoms with Crippen molar-refractivity contribution in [1.82, 2.24) is 9.55 Å². The van der Waals surface area contributed by atoms with Gasteiger partial charge in [-0.2, -0.15) is 39.5 Å². The van der Waals surface area contributed by atoms with Crippen molar-refractivity contribution in [3.8, 4) is 0 Å². The van der Waals surface area contributed by atoms with Gasteiger partial charge in [0.05, 0.1) is 18.8 Å². The summed E-state index contributed by atoms with van der Waals surface area (Å²) in [6.07, 6.45) is -13.1. The Bertz CT molecular complexity index is 962. The molecule has 0 saturated carbocycles. The molecule has 18 heteroatoms. The number of nitrogens with zero attached hydrogens (tertiary/aromatic N) is 1. The molecule has 190 valence electrons. The van der Waals surface area contributed by atoms with Crippen LogP contribution in [0.15, 0.2) is 15.8 Å². The van der Waals surface area contributed by atoms with Gasteiger partial charge in [0.1, 0.15) is 24.9 Å². The third kappa shape index (κ3) is 4.75. The van der Waals surface area contributed by atoms with Gasteiger partial charge in [-0.25, -0.2) is 4.79 Å². The van der Waals surface area contributed by atoms with Gasteiger partial charge >= 0.3 is 29.6 Å². The van der Waals surface area contributed by atoms with Gasteiger partial charge in [0.2, 0.25) is 0 Å². The zero-order valence-corrected chi connectivity index (χ0v) is 15.8. The standard InChI is InChI=1S/C15H15F9N2O7/c16-12(17,13(18,19)14(20,21)15(22,23)24)4-32-3-5-1-26(11(31)25-9(5)30)10-8(29)7(28)6(2-27)33-10/h1,6-8,10,27-29H,2-4H2,(H,25,30,31)/t6-,7+,8-,10-/m1/s1. The number of aliphatic hydroxyl groups is 3. The molecule has 1 saturated heterocycles. The van der Waals surface area contributed by atoms with Gasteiger partial charge in [-0.05, 0) is 0 Å².